The molecule has 21 heavy (non-hydrogen) atoms. The number of anilines is 2. The van der Waals surface area contributed by atoms with Gasteiger partial charge in [-0.05, 0) is 24.7 Å². The number of nitrogens with zero attached hydrogens (tertiary/aromatic N) is 4. The molecule has 0 atom stereocenters. The second kappa shape index (κ2) is 6.85. The van der Waals surface area contributed by atoms with Gasteiger partial charge in [-0.1, -0.05) is 12.1 Å². The molecule has 0 aliphatic heterocycles. The molecule has 0 aliphatic rings. The maximum absolute atomic E-state index is 5.67. The zero-order chi connectivity index (χ0) is 15.2. The quantitative estimate of drug-likeness (QED) is 0.813. The van der Waals surface area contributed by atoms with E-state index in [4.69, 9.17) is 10.5 Å². The number of nitrogens with two attached hydrogens (primary N) is 1. The van der Waals surface area contributed by atoms with Crippen LogP contribution in [0.2, 0.25) is 0 Å². The first-order valence-electron chi connectivity index (χ1n) is 6.62. The van der Waals surface area contributed by atoms with E-state index < -0.39 is 0 Å². The van der Waals surface area contributed by atoms with Crippen molar-refractivity contribution in [3.8, 4) is 5.75 Å². The fraction of sp³-hybridized carbons (Fsp3) is 0.357. The lowest BCUT2D eigenvalue weighted by Gasteiger charge is -2.12. The van der Waals surface area contributed by atoms with Crippen molar-refractivity contribution in [2.45, 2.75) is 13.2 Å². The molecule has 2 aromatic rings. The van der Waals surface area contributed by atoms with Crippen molar-refractivity contribution in [1.82, 2.24) is 20.3 Å². The summed E-state index contributed by atoms with van der Waals surface area (Å²) in [6.45, 7) is 1.08. The highest BCUT2D eigenvalue weighted by Gasteiger charge is 2.07. The summed E-state index contributed by atoms with van der Waals surface area (Å²) in [5, 5.41) is 3.10. The SMILES string of the molecule is CNCc1ccc(OCc2nc(N)nc(N(C)C)n2)cc1. The molecule has 1 aromatic heterocycles. The monoisotopic (exact) mass is 288 g/mol. The predicted octanol–water partition coefficient (Wildman–Crippen LogP) is 0.818. The normalized spacial score (nSPS) is 10.4. The number of nitrogen functional groups attached to an aromatic ring is 1. The van der Waals surface area contributed by atoms with Crippen LogP contribution in [0, 0.1) is 0 Å². The lowest BCUT2D eigenvalue weighted by Crippen LogP contribution is -2.16. The Balaban J connectivity index is 2.02. The van der Waals surface area contributed by atoms with Crippen LogP contribution in [-0.2, 0) is 13.2 Å². The topological polar surface area (TPSA) is 89.2 Å². The molecule has 0 aliphatic carbocycles. The summed E-state index contributed by atoms with van der Waals surface area (Å²) >= 11 is 0. The minimum atomic E-state index is 0.191. The zero-order valence-corrected chi connectivity index (χ0v) is 12.5. The molecule has 0 saturated heterocycles. The lowest BCUT2D eigenvalue weighted by molar-refractivity contribution is 0.295. The van der Waals surface area contributed by atoms with Crippen molar-refractivity contribution < 1.29 is 4.74 Å². The minimum Gasteiger partial charge on any atom is -0.486 e. The molecule has 2 rings (SSSR count). The summed E-state index contributed by atoms with van der Waals surface area (Å²) in [6.07, 6.45) is 0. The van der Waals surface area contributed by atoms with E-state index in [0.29, 0.717) is 11.8 Å². The molecule has 7 heteroatoms. The number of ether oxygens (including phenoxy) is 1. The van der Waals surface area contributed by atoms with Crippen LogP contribution in [0.15, 0.2) is 24.3 Å². The van der Waals surface area contributed by atoms with Crippen LogP contribution in [0.25, 0.3) is 0 Å². The van der Waals surface area contributed by atoms with Gasteiger partial charge in [-0.2, -0.15) is 15.0 Å². The first-order chi connectivity index (χ1) is 10.1. The highest BCUT2D eigenvalue weighted by atomic mass is 16.5. The van der Waals surface area contributed by atoms with Gasteiger partial charge in [-0.25, -0.2) is 0 Å². The van der Waals surface area contributed by atoms with Crippen molar-refractivity contribution in [3.63, 3.8) is 0 Å². The van der Waals surface area contributed by atoms with Gasteiger partial charge in [0.05, 0.1) is 0 Å². The van der Waals surface area contributed by atoms with E-state index >= 15 is 0 Å². The predicted molar refractivity (Wildman–Crippen MR) is 82.1 cm³/mol. The van der Waals surface area contributed by atoms with Crippen molar-refractivity contribution in [2.24, 2.45) is 0 Å². The summed E-state index contributed by atoms with van der Waals surface area (Å²) in [6, 6.07) is 7.87. The summed E-state index contributed by atoms with van der Waals surface area (Å²) in [5.74, 6) is 1.98. The van der Waals surface area contributed by atoms with Gasteiger partial charge in [-0.15, -0.1) is 0 Å². The third-order valence-corrected chi connectivity index (χ3v) is 2.76. The Morgan fingerprint density at radius 2 is 1.86 bits per heavy atom. The number of hydrogen-bond acceptors (Lipinski definition) is 7. The van der Waals surface area contributed by atoms with Gasteiger partial charge < -0.3 is 20.7 Å². The van der Waals surface area contributed by atoms with Crippen molar-refractivity contribution >= 4 is 11.9 Å². The number of hydrogen-bond donors (Lipinski definition) is 2. The van der Waals surface area contributed by atoms with Gasteiger partial charge in [0.15, 0.2) is 5.82 Å². The first-order valence-corrected chi connectivity index (χ1v) is 6.62. The number of benzene rings is 1. The zero-order valence-electron chi connectivity index (χ0n) is 12.5. The number of aromatic nitrogens is 3. The first kappa shape index (κ1) is 15.0. The second-order valence-corrected chi connectivity index (χ2v) is 4.77. The van der Waals surface area contributed by atoms with Gasteiger partial charge in [0.2, 0.25) is 11.9 Å². The molecule has 112 valence electrons. The molecule has 3 N–H and O–H groups in total. The van der Waals surface area contributed by atoms with Gasteiger partial charge in [0.25, 0.3) is 0 Å². The van der Waals surface area contributed by atoms with E-state index in [-0.39, 0.29) is 12.6 Å². The molecular formula is C14H20N6O. The molecular weight excluding hydrogens is 268 g/mol. The maximum Gasteiger partial charge on any atom is 0.230 e. The summed E-state index contributed by atoms with van der Waals surface area (Å²) in [7, 11) is 5.61. The molecule has 0 radical (unpaired) electrons. The smallest absolute Gasteiger partial charge is 0.230 e. The molecule has 0 amide bonds. The molecule has 1 heterocycles. The molecule has 1 aromatic carbocycles. The second-order valence-electron chi connectivity index (χ2n) is 4.77. The minimum absolute atomic E-state index is 0.191. The Morgan fingerprint density at radius 3 is 2.48 bits per heavy atom. The highest BCUT2D eigenvalue weighted by Crippen LogP contribution is 2.14. The molecule has 0 unspecified atom stereocenters. The Morgan fingerprint density at radius 1 is 1.14 bits per heavy atom. The van der Waals surface area contributed by atoms with Crippen LogP contribution >= 0.6 is 0 Å². The van der Waals surface area contributed by atoms with E-state index in [1.165, 1.54) is 5.56 Å². The van der Waals surface area contributed by atoms with Crippen LogP contribution in [0.3, 0.4) is 0 Å². The average Bonchev–Trinajstić information content (AvgIpc) is 2.46. The summed E-state index contributed by atoms with van der Waals surface area (Å²) < 4.78 is 5.67. The van der Waals surface area contributed by atoms with Gasteiger partial charge in [-0.3, -0.25) is 0 Å². The number of rotatable bonds is 6. The van der Waals surface area contributed by atoms with E-state index in [1.54, 1.807) is 4.90 Å². The van der Waals surface area contributed by atoms with Crippen LogP contribution in [0.4, 0.5) is 11.9 Å². The van der Waals surface area contributed by atoms with E-state index in [1.807, 2.05) is 45.4 Å². The molecule has 0 spiro atoms. The third kappa shape index (κ3) is 4.28. The molecule has 0 fully saturated rings. The van der Waals surface area contributed by atoms with Crippen molar-refractivity contribution in [2.75, 3.05) is 31.8 Å². The van der Waals surface area contributed by atoms with Gasteiger partial charge >= 0.3 is 0 Å². The van der Waals surface area contributed by atoms with Crippen LogP contribution in [0.5, 0.6) is 5.75 Å². The fourth-order valence-electron chi connectivity index (χ4n) is 1.75. The molecule has 0 saturated carbocycles. The lowest BCUT2D eigenvalue weighted by atomic mass is 10.2. The standard InChI is InChI=1S/C14H20N6O/c1-16-8-10-4-6-11(7-5-10)21-9-12-17-13(15)19-14(18-12)20(2)3/h4-7,16H,8-9H2,1-3H3,(H2,15,17,18,19). The molecule has 0 bridgehead atoms. The van der Waals surface area contributed by atoms with E-state index in [2.05, 4.69) is 20.3 Å². The van der Waals surface area contributed by atoms with Crippen LogP contribution in [-0.4, -0.2) is 36.1 Å². The van der Waals surface area contributed by atoms with Crippen molar-refractivity contribution in [3.05, 3.63) is 35.7 Å². The van der Waals surface area contributed by atoms with E-state index in [0.717, 1.165) is 12.3 Å². The maximum atomic E-state index is 5.67. The van der Waals surface area contributed by atoms with Gasteiger partial charge in [0.1, 0.15) is 12.4 Å². The molecule has 7 nitrogen and oxygen atoms in total. The van der Waals surface area contributed by atoms with Crippen LogP contribution < -0.4 is 20.7 Å². The summed E-state index contributed by atoms with van der Waals surface area (Å²) in [4.78, 5) is 14.2. The average molecular weight is 288 g/mol. The highest BCUT2D eigenvalue weighted by molar-refractivity contribution is 5.32. The van der Waals surface area contributed by atoms with Crippen LogP contribution in [0.1, 0.15) is 11.4 Å². The van der Waals surface area contributed by atoms with E-state index in [9.17, 15) is 0 Å². The Hall–Kier alpha value is -2.41. The fourth-order valence-corrected chi connectivity index (χ4v) is 1.75. The summed E-state index contributed by atoms with van der Waals surface area (Å²) in [5.41, 5.74) is 6.87. The largest absolute Gasteiger partial charge is 0.486 e. The Bertz CT molecular complexity index is 585. The Kier molecular flexibility index (Phi) is 4.89. The van der Waals surface area contributed by atoms with Crippen molar-refractivity contribution in [1.29, 1.82) is 0 Å². The Labute approximate surface area is 124 Å². The van der Waals surface area contributed by atoms with Gasteiger partial charge in [0, 0.05) is 20.6 Å². The number of nitrogens with one attached hydrogen (secondary N) is 1. The third-order valence-electron chi connectivity index (χ3n) is 2.76.